The number of nitrogen functional groups attached to an aromatic ring is 1. The molecule has 0 spiro atoms. The topological polar surface area (TPSA) is 46.3 Å². The highest BCUT2D eigenvalue weighted by molar-refractivity contribution is 7.98. The number of rotatable bonds is 2. The van der Waals surface area contributed by atoms with E-state index in [-0.39, 0.29) is 11.9 Å². The first-order chi connectivity index (χ1) is 10.1. The van der Waals surface area contributed by atoms with E-state index in [2.05, 4.69) is 6.92 Å². The summed E-state index contributed by atoms with van der Waals surface area (Å²) >= 11 is 1.67. The third kappa shape index (κ3) is 2.51. The molecule has 1 amide bonds. The Morgan fingerprint density at radius 3 is 2.62 bits per heavy atom. The minimum Gasteiger partial charge on any atom is -0.399 e. The molecular formula is C17H18N2OS. The number of nitrogens with two attached hydrogens (primary N) is 1. The largest absolute Gasteiger partial charge is 0.399 e. The number of carbonyl (C=O) groups is 1. The van der Waals surface area contributed by atoms with Crippen LogP contribution in [0.2, 0.25) is 0 Å². The van der Waals surface area contributed by atoms with Gasteiger partial charge in [-0.15, -0.1) is 11.8 Å². The number of carbonyl (C=O) groups excluding carboxylic acids is 1. The number of thioether (sulfide) groups is 1. The molecule has 3 nitrogen and oxygen atoms in total. The molecule has 2 aromatic carbocycles. The van der Waals surface area contributed by atoms with Crippen LogP contribution in [0, 0.1) is 0 Å². The fraction of sp³-hybridized carbons (Fsp3) is 0.235. The molecule has 1 unspecified atom stereocenters. The van der Waals surface area contributed by atoms with Crippen LogP contribution in [0.5, 0.6) is 0 Å². The van der Waals surface area contributed by atoms with Crippen LogP contribution in [0.3, 0.4) is 0 Å². The second-order valence-corrected chi connectivity index (χ2v) is 6.22. The second-order valence-electron chi connectivity index (χ2n) is 5.34. The summed E-state index contributed by atoms with van der Waals surface area (Å²) in [7, 11) is 0. The molecule has 2 N–H and O–H groups in total. The van der Waals surface area contributed by atoms with Gasteiger partial charge < -0.3 is 10.6 Å². The fourth-order valence-electron chi connectivity index (χ4n) is 2.83. The quantitative estimate of drug-likeness (QED) is 0.681. The van der Waals surface area contributed by atoms with Gasteiger partial charge in [0.15, 0.2) is 0 Å². The molecular weight excluding hydrogens is 280 g/mol. The van der Waals surface area contributed by atoms with Gasteiger partial charge in [-0.1, -0.05) is 0 Å². The summed E-state index contributed by atoms with van der Waals surface area (Å²) in [5, 5.41) is 0. The summed E-state index contributed by atoms with van der Waals surface area (Å²) in [6.45, 7) is 2.07. The van der Waals surface area contributed by atoms with Crippen molar-refractivity contribution in [2.45, 2.75) is 24.3 Å². The molecule has 0 bridgehead atoms. The lowest BCUT2D eigenvalue weighted by Crippen LogP contribution is -2.35. The van der Waals surface area contributed by atoms with E-state index < -0.39 is 0 Å². The number of anilines is 2. The van der Waals surface area contributed by atoms with Crippen LogP contribution in [0.1, 0.15) is 22.8 Å². The van der Waals surface area contributed by atoms with Gasteiger partial charge in [0.05, 0.1) is 0 Å². The van der Waals surface area contributed by atoms with Crippen LogP contribution in [0.15, 0.2) is 47.4 Å². The lowest BCUT2D eigenvalue weighted by Gasteiger charge is -2.23. The van der Waals surface area contributed by atoms with Crippen LogP contribution in [-0.2, 0) is 6.42 Å². The standard InChI is InChI=1S/C17H18N2OS/c1-11-9-13-10-14(18)5-8-16(13)19(11)17(20)12-3-6-15(21-2)7-4-12/h3-8,10-11H,9,18H2,1-2H3. The summed E-state index contributed by atoms with van der Waals surface area (Å²) < 4.78 is 0. The predicted molar refractivity (Wildman–Crippen MR) is 89.1 cm³/mol. The number of hydrogen-bond donors (Lipinski definition) is 1. The summed E-state index contributed by atoms with van der Waals surface area (Å²) in [4.78, 5) is 15.8. The zero-order valence-electron chi connectivity index (χ0n) is 12.2. The summed E-state index contributed by atoms with van der Waals surface area (Å²) in [6, 6.07) is 13.7. The maximum Gasteiger partial charge on any atom is 0.258 e. The van der Waals surface area contributed by atoms with Gasteiger partial charge in [-0.2, -0.15) is 0 Å². The van der Waals surface area contributed by atoms with E-state index in [0.717, 1.165) is 33.8 Å². The van der Waals surface area contributed by atoms with Crippen LogP contribution >= 0.6 is 11.8 Å². The highest BCUT2D eigenvalue weighted by Gasteiger charge is 2.31. The molecule has 1 aliphatic rings. The van der Waals surface area contributed by atoms with Gasteiger partial charge in [0.2, 0.25) is 0 Å². The zero-order chi connectivity index (χ0) is 15.0. The summed E-state index contributed by atoms with van der Waals surface area (Å²) in [6.07, 6.45) is 2.88. The van der Waals surface area contributed by atoms with Gasteiger partial charge >= 0.3 is 0 Å². The van der Waals surface area contributed by atoms with E-state index in [9.17, 15) is 4.79 Å². The van der Waals surface area contributed by atoms with Gasteiger partial charge in [-0.25, -0.2) is 0 Å². The molecule has 4 heteroatoms. The lowest BCUT2D eigenvalue weighted by molar-refractivity contribution is 0.0981. The smallest absolute Gasteiger partial charge is 0.258 e. The average Bonchev–Trinajstić information content (AvgIpc) is 2.81. The van der Waals surface area contributed by atoms with Crippen molar-refractivity contribution in [3.05, 3.63) is 53.6 Å². The van der Waals surface area contributed by atoms with E-state index in [1.807, 2.05) is 53.6 Å². The molecule has 21 heavy (non-hydrogen) atoms. The fourth-order valence-corrected chi connectivity index (χ4v) is 3.24. The van der Waals surface area contributed by atoms with Gasteiger partial charge in [0, 0.05) is 27.9 Å². The Labute approximate surface area is 129 Å². The van der Waals surface area contributed by atoms with Gasteiger partial charge in [0.25, 0.3) is 5.91 Å². The van der Waals surface area contributed by atoms with Crippen LogP contribution < -0.4 is 10.6 Å². The zero-order valence-corrected chi connectivity index (χ0v) is 13.0. The molecule has 2 aromatic rings. The Hall–Kier alpha value is -1.94. The number of amides is 1. The third-order valence-electron chi connectivity index (χ3n) is 3.87. The predicted octanol–water partition coefficient (Wildman–Crippen LogP) is 3.58. The molecule has 0 radical (unpaired) electrons. The summed E-state index contributed by atoms with van der Waals surface area (Å²) in [5.41, 5.74) is 9.44. The maximum absolute atomic E-state index is 12.8. The first-order valence-corrected chi connectivity index (χ1v) is 8.18. The minimum atomic E-state index is 0.0543. The number of hydrogen-bond acceptors (Lipinski definition) is 3. The van der Waals surface area contributed by atoms with E-state index >= 15 is 0 Å². The normalized spacial score (nSPS) is 16.9. The SMILES string of the molecule is CSc1ccc(C(=O)N2c3ccc(N)cc3CC2C)cc1. The van der Waals surface area contributed by atoms with Crippen molar-refractivity contribution < 1.29 is 4.79 Å². The van der Waals surface area contributed by atoms with Crippen molar-refractivity contribution in [1.29, 1.82) is 0 Å². The van der Waals surface area contributed by atoms with Crippen molar-refractivity contribution in [3.63, 3.8) is 0 Å². The van der Waals surface area contributed by atoms with Crippen molar-refractivity contribution in [1.82, 2.24) is 0 Å². The van der Waals surface area contributed by atoms with Crippen molar-refractivity contribution in [2.75, 3.05) is 16.9 Å². The molecule has 0 aliphatic carbocycles. The molecule has 3 rings (SSSR count). The van der Waals surface area contributed by atoms with E-state index in [4.69, 9.17) is 5.73 Å². The van der Waals surface area contributed by atoms with E-state index in [1.165, 1.54) is 0 Å². The highest BCUT2D eigenvalue weighted by atomic mass is 32.2. The number of fused-ring (bicyclic) bond motifs is 1. The number of benzene rings is 2. The second kappa shape index (κ2) is 5.45. The van der Waals surface area contributed by atoms with Crippen molar-refractivity contribution in [3.8, 4) is 0 Å². The number of nitrogens with zero attached hydrogens (tertiary/aromatic N) is 1. The maximum atomic E-state index is 12.8. The Balaban J connectivity index is 1.94. The third-order valence-corrected chi connectivity index (χ3v) is 4.62. The molecule has 0 fully saturated rings. The molecule has 1 aliphatic heterocycles. The lowest BCUT2D eigenvalue weighted by atomic mass is 10.1. The first kappa shape index (κ1) is 14.0. The Kier molecular flexibility index (Phi) is 3.64. The molecule has 0 saturated carbocycles. The van der Waals surface area contributed by atoms with Gasteiger partial charge in [-0.05, 0) is 67.6 Å². The van der Waals surface area contributed by atoms with Crippen molar-refractivity contribution >= 4 is 29.0 Å². The van der Waals surface area contributed by atoms with Crippen molar-refractivity contribution in [2.24, 2.45) is 0 Å². The highest BCUT2D eigenvalue weighted by Crippen LogP contribution is 2.34. The molecule has 0 aromatic heterocycles. The molecule has 1 atom stereocenters. The minimum absolute atomic E-state index is 0.0543. The Morgan fingerprint density at radius 1 is 1.24 bits per heavy atom. The summed E-state index contributed by atoms with van der Waals surface area (Å²) in [5.74, 6) is 0.0543. The van der Waals surface area contributed by atoms with Gasteiger partial charge in [-0.3, -0.25) is 4.79 Å². The molecule has 0 saturated heterocycles. The van der Waals surface area contributed by atoms with Crippen LogP contribution in [-0.4, -0.2) is 18.2 Å². The molecule has 1 heterocycles. The monoisotopic (exact) mass is 298 g/mol. The van der Waals surface area contributed by atoms with E-state index in [0.29, 0.717) is 0 Å². The average molecular weight is 298 g/mol. The van der Waals surface area contributed by atoms with Gasteiger partial charge in [0.1, 0.15) is 0 Å². The first-order valence-electron chi connectivity index (χ1n) is 6.96. The Bertz CT molecular complexity index is 682. The van der Waals surface area contributed by atoms with Crippen LogP contribution in [0.4, 0.5) is 11.4 Å². The molecule has 108 valence electrons. The van der Waals surface area contributed by atoms with Crippen LogP contribution in [0.25, 0.3) is 0 Å². The Morgan fingerprint density at radius 2 is 1.95 bits per heavy atom. The van der Waals surface area contributed by atoms with E-state index in [1.54, 1.807) is 11.8 Å².